The lowest BCUT2D eigenvalue weighted by Crippen LogP contribution is -2.45. The first kappa shape index (κ1) is 33.3. The van der Waals surface area contributed by atoms with Crippen LogP contribution in [0.2, 0.25) is 0 Å². The highest BCUT2D eigenvalue weighted by molar-refractivity contribution is 7.53. The van der Waals surface area contributed by atoms with Crippen molar-refractivity contribution in [1.82, 2.24) is 0 Å². The van der Waals surface area contributed by atoms with E-state index >= 15 is 0 Å². The van der Waals surface area contributed by atoms with Gasteiger partial charge in [0.2, 0.25) is 13.6 Å². The molecular weight excluding hydrogens is 631 g/mol. The van der Waals surface area contributed by atoms with Gasteiger partial charge in [-0.25, -0.2) is 14.4 Å². The molecule has 0 bridgehead atoms. The SMILES string of the molecule is O=C(OCOP(=O)(CCN1CCCN(COC(=O)c2ccccc2)c2c1c(=O)c2=O)OCOC(=O)c1ccccc1)c1ccccc1. The summed E-state index contributed by atoms with van der Waals surface area (Å²) in [4.78, 5) is 65.7. The van der Waals surface area contributed by atoms with Crippen molar-refractivity contribution in [3.05, 3.63) is 128 Å². The molecule has 4 aromatic carbocycles. The molecule has 0 aromatic heterocycles. The molecule has 0 amide bonds. The lowest BCUT2D eigenvalue weighted by Gasteiger charge is -2.29. The first-order valence-electron chi connectivity index (χ1n) is 14.6. The Morgan fingerprint density at radius 1 is 0.596 bits per heavy atom. The van der Waals surface area contributed by atoms with Crippen molar-refractivity contribution in [1.29, 1.82) is 0 Å². The second-order valence-electron chi connectivity index (χ2n) is 10.3. The fraction of sp³-hybridized carbons (Fsp3) is 0.242. The summed E-state index contributed by atoms with van der Waals surface area (Å²) in [7, 11) is -4.13. The van der Waals surface area contributed by atoms with Crippen LogP contribution >= 0.6 is 7.60 Å². The Balaban J connectivity index is 1.24. The minimum Gasteiger partial charge on any atom is -0.441 e. The minimum atomic E-state index is -4.13. The first-order chi connectivity index (χ1) is 22.8. The number of hydrogen-bond acceptors (Lipinski definition) is 13. The van der Waals surface area contributed by atoms with Gasteiger partial charge in [-0.1, -0.05) is 54.6 Å². The summed E-state index contributed by atoms with van der Waals surface area (Å²) in [6, 6.07) is 24.6. The summed E-state index contributed by atoms with van der Waals surface area (Å²) >= 11 is 0. The first-order valence-corrected chi connectivity index (χ1v) is 16.4. The van der Waals surface area contributed by atoms with E-state index in [1.165, 1.54) is 29.2 Å². The molecule has 0 radical (unpaired) electrons. The van der Waals surface area contributed by atoms with Crippen LogP contribution in [0.5, 0.6) is 0 Å². The van der Waals surface area contributed by atoms with Crippen LogP contribution in [0.4, 0.5) is 11.4 Å². The van der Waals surface area contributed by atoms with E-state index in [-0.39, 0.29) is 41.9 Å². The van der Waals surface area contributed by atoms with Crippen LogP contribution < -0.4 is 20.7 Å². The molecule has 0 saturated heterocycles. The standard InChI is InChI=1S/C33H31N2O11P/c36-29-27-28(30(29)37)35(21-42-31(38)24-11-4-1-5-12-24)18-10-17-34(27)19-20-47(41,45-22-43-32(39)25-13-6-2-7-14-25)46-23-44-33(40)26-15-8-3-9-16-26/h1-9,11-16H,10,17-23H2. The van der Waals surface area contributed by atoms with Gasteiger partial charge in [0.25, 0.3) is 10.9 Å². The molecule has 4 aromatic rings. The third-order valence-corrected chi connectivity index (χ3v) is 9.00. The molecule has 5 rings (SSSR count). The van der Waals surface area contributed by atoms with Crippen LogP contribution in [-0.4, -0.2) is 64.0 Å². The Bertz CT molecular complexity index is 1750. The number of esters is 3. The van der Waals surface area contributed by atoms with Crippen molar-refractivity contribution in [2.24, 2.45) is 0 Å². The van der Waals surface area contributed by atoms with Crippen molar-refractivity contribution >= 4 is 36.9 Å². The molecule has 1 heterocycles. The number of carbonyl (C=O) groups excluding carboxylic acids is 3. The van der Waals surface area contributed by atoms with Gasteiger partial charge in [-0.2, -0.15) is 0 Å². The topological polar surface area (TPSA) is 155 Å². The van der Waals surface area contributed by atoms with Crippen molar-refractivity contribution in [2.45, 2.75) is 6.42 Å². The zero-order valence-corrected chi connectivity index (χ0v) is 26.0. The van der Waals surface area contributed by atoms with Gasteiger partial charge in [0.1, 0.15) is 11.4 Å². The Hall–Kier alpha value is -5.10. The third-order valence-electron chi connectivity index (χ3n) is 7.25. The summed E-state index contributed by atoms with van der Waals surface area (Å²) in [5, 5.41) is 0. The van der Waals surface area contributed by atoms with Crippen molar-refractivity contribution in [3.8, 4) is 0 Å². The van der Waals surface area contributed by atoms with E-state index in [0.717, 1.165) is 0 Å². The van der Waals surface area contributed by atoms with Gasteiger partial charge < -0.3 is 24.0 Å². The van der Waals surface area contributed by atoms with Crippen LogP contribution in [0.1, 0.15) is 37.5 Å². The van der Waals surface area contributed by atoms with Gasteiger partial charge >= 0.3 is 25.5 Å². The highest BCUT2D eigenvalue weighted by Crippen LogP contribution is 2.48. The number of fused-ring (bicyclic) bond motifs is 1. The number of hydrogen-bond donors (Lipinski definition) is 0. The number of nitrogens with zero attached hydrogens (tertiary/aromatic N) is 2. The Morgan fingerprint density at radius 2 is 1.00 bits per heavy atom. The molecule has 14 heteroatoms. The van der Waals surface area contributed by atoms with E-state index < -0.39 is 49.9 Å². The van der Waals surface area contributed by atoms with E-state index in [0.29, 0.717) is 25.1 Å². The maximum absolute atomic E-state index is 13.8. The quantitative estimate of drug-likeness (QED) is 0.0629. The van der Waals surface area contributed by atoms with Gasteiger partial charge in [0, 0.05) is 19.6 Å². The number of ether oxygens (including phenoxy) is 3. The normalized spacial score (nSPS) is 13.0. The fourth-order valence-corrected chi connectivity index (χ4v) is 6.07. The van der Waals surface area contributed by atoms with Crippen LogP contribution in [-0.2, 0) is 27.8 Å². The molecular formula is C33H31N2O11P. The Labute approximate surface area is 269 Å². The molecule has 0 atom stereocenters. The zero-order valence-electron chi connectivity index (χ0n) is 25.1. The van der Waals surface area contributed by atoms with Gasteiger partial charge in [-0.15, -0.1) is 0 Å². The highest BCUT2D eigenvalue weighted by atomic mass is 31.2. The van der Waals surface area contributed by atoms with Gasteiger partial charge in [0.15, 0.2) is 6.73 Å². The lowest BCUT2D eigenvalue weighted by molar-refractivity contribution is -0.00744. The van der Waals surface area contributed by atoms with Crippen LogP contribution in [0.15, 0.2) is 101 Å². The fourth-order valence-electron chi connectivity index (χ4n) is 4.82. The highest BCUT2D eigenvalue weighted by Gasteiger charge is 2.35. The summed E-state index contributed by atoms with van der Waals surface area (Å²) in [6.45, 7) is -1.16. The summed E-state index contributed by atoms with van der Waals surface area (Å²) < 4.78 is 40.3. The van der Waals surface area contributed by atoms with Crippen molar-refractivity contribution in [2.75, 3.05) is 55.9 Å². The number of anilines is 2. The molecule has 0 spiro atoms. The molecule has 0 aliphatic carbocycles. The molecule has 1 aliphatic rings. The van der Waals surface area contributed by atoms with E-state index in [1.807, 2.05) is 0 Å². The largest absolute Gasteiger partial charge is 0.441 e. The summed E-state index contributed by atoms with van der Waals surface area (Å²) in [6.07, 6.45) is 0.145. The third kappa shape index (κ3) is 8.39. The average molecular weight is 663 g/mol. The summed E-state index contributed by atoms with van der Waals surface area (Å²) in [5.41, 5.74) is -0.418. The summed E-state index contributed by atoms with van der Waals surface area (Å²) in [5.74, 6) is -2.02. The molecule has 47 heavy (non-hydrogen) atoms. The van der Waals surface area contributed by atoms with Gasteiger partial charge in [0.05, 0.1) is 22.9 Å². The molecule has 13 nitrogen and oxygen atoms in total. The van der Waals surface area contributed by atoms with E-state index in [1.54, 1.807) is 71.6 Å². The van der Waals surface area contributed by atoms with Crippen molar-refractivity contribution in [3.63, 3.8) is 0 Å². The van der Waals surface area contributed by atoms with Crippen LogP contribution in [0.25, 0.3) is 0 Å². The van der Waals surface area contributed by atoms with E-state index in [9.17, 15) is 28.5 Å². The molecule has 0 N–H and O–H groups in total. The second-order valence-corrected chi connectivity index (χ2v) is 12.5. The van der Waals surface area contributed by atoms with E-state index in [2.05, 4.69) is 0 Å². The Morgan fingerprint density at radius 3 is 1.47 bits per heavy atom. The zero-order chi connectivity index (χ0) is 33.2. The molecule has 1 aliphatic heterocycles. The lowest BCUT2D eigenvalue weighted by atomic mass is 10.1. The minimum absolute atomic E-state index is 0.0635. The molecule has 0 unspecified atom stereocenters. The predicted octanol–water partition coefficient (Wildman–Crippen LogP) is 3.97. The molecule has 0 fully saturated rings. The predicted molar refractivity (Wildman–Crippen MR) is 170 cm³/mol. The maximum Gasteiger partial charge on any atom is 0.340 e. The number of benzene rings is 3. The maximum atomic E-state index is 13.8. The van der Waals surface area contributed by atoms with Crippen LogP contribution in [0.3, 0.4) is 0 Å². The van der Waals surface area contributed by atoms with Crippen LogP contribution in [0, 0.1) is 0 Å². The van der Waals surface area contributed by atoms with Crippen molar-refractivity contribution < 1.29 is 42.2 Å². The Kier molecular flexibility index (Phi) is 10.9. The molecule has 0 saturated carbocycles. The number of rotatable bonds is 14. The number of carbonyl (C=O) groups is 3. The smallest absolute Gasteiger partial charge is 0.340 e. The van der Waals surface area contributed by atoms with Gasteiger partial charge in [-0.05, 0) is 42.8 Å². The molecule has 244 valence electrons. The van der Waals surface area contributed by atoms with Gasteiger partial charge in [-0.3, -0.25) is 23.2 Å². The second kappa shape index (κ2) is 15.5. The monoisotopic (exact) mass is 662 g/mol. The average Bonchev–Trinajstić information content (AvgIpc) is 3.28. The van der Waals surface area contributed by atoms with E-state index in [4.69, 9.17) is 23.3 Å².